The first-order chi connectivity index (χ1) is 14.3. The fraction of sp³-hybridized carbons (Fsp3) is 0.619. The van der Waals surface area contributed by atoms with Gasteiger partial charge in [0.25, 0.3) is 0 Å². The van der Waals surface area contributed by atoms with Gasteiger partial charge < -0.3 is 19.3 Å². The molecule has 1 aromatic carbocycles. The highest BCUT2D eigenvalue weighted by Gasteiger charge is 2.38. The quantitative estimate of drug-likeness (QED) is 0.673. The number of benzene rings is 1. The number of nitriles is 1. The number of halogens is 2. The lowest BCUT2D eigenvalue weighted by Gasteiger charge is -2.37. The van der Waals surface area contributed by atoms with Crippen LogP contribution < -0.4 is 9.47 Å². The normalized spacial score (nSPS) is 23.7. The minimum absolute atomic E-state index is 0.0913. The average molecular weight is 424 g/mol. The Labute approximate surface area is 174 Å². The summed E-state index contributed by atoms with van der Waals surface area (Å²) < 4.78 is 40.9. The van der Waals surface area contributed by atoms with Crippen molar-refractivity contribution in [1.29, 1.82) is 5.26 Å². The Kier molecular flexibility index (Phi) is 7.10. The molecule has 7 nitrogen and oxygen atoms in total. The zero-order valence-electron chi connectivity index (χ0n) is 16.9. The van der Waals surface area contributed by atoms with Gasteiger partial charge in [-0.05, 0) is 43.4 Å². The molecular formula is C21H26F2N2O5. The van der Waals surface area contributed by atoms with Gasteiger partial charge in [-0.25, -0.2) is 0 Å². The maximum absolute atomic E-state index is 12.8. The molecule has 9 heteroatoms. The molecule has 2 fully saturated rings. The van der Waals surface area contributed by atoms with Crippen molar-refractivity contribution >= 4 is 5.97 Å². The number of methoxy groups -OCH3 is 1. The fourth-order valence-corrected chi connectivity index (χ4v) is 4.10. The smallest absolute Gasteiger partial charge is 0.387 e. The molecule has 1 N–H and O–H groups in total. The van der Waals surface area contributed by atoms with Crippen molar-refractivity contribution in [1.82, 2.24) is 4.90 Å². The van der Waals surface area contributed by atoms with E-state index in [1.54, 1.807) is 12.1 Å². The van der Waals surface area contributed by atoms with Crippen molar-refractivity contribution in [2.45, 2.75) is 56.3 Å². The fourth-order valence-electron chi connectivity index (χ4n) is 4.10. The van der Waals surface area contributed by atoms with Crippen LogP contribution in [0.4, 0.5) is 8.78 Å². The van der Waals surface area contributed by atoms with Crippen molar-refractivity contribution in [3.8, 4) is 17.6 Å². The van der Waals surface area contributed by atoms with Crippen molar-refractivity contribution in [2.75, 3.05) is 26.7 Å². The van der Waals surface area contributed by atoms with Crippen LogP contribution in [0, 0.1) is 11.3 Å². The molecule has 1 aromatic rings. The second-order valence-corrected chi connectivity index (χ2v) is 7.79. The van der Waals surface area contributed by atoms with Crippen LogP contribution in [0.25, 0.3) is 0 Å². The maximum atomic E-state index is 12.8. The second-order valence-electron chi connectivity index (χ2n) is 7.79. The summed E-state index contributed by atoms with van der Waals surface area (Å²) in [5.41, 5.74) is -0.151. The van der Waals surface area contributed by atoms with Crippen molar-refractivity contribution < 1.29 is 32.9 Å². The van der Waals surface area contributed by atoms with Gasteiger partial charge in [-0.3, -0.25) is 9.69 Å². The predicted molar refractivity (Wildman–Crippen MR) is 102 cm³/mol. The van der Waals surface area contributed by atoms with E-state index in [0.29, 0.717) is 50.8 Å². The van der Waals surface area contributed by atoms with Crippen molar-refractivity contribution in [3.63, 3.8) is 0 Å². The highest BCUT2D eigenvalue weighted by Crippen LogP contribution is 2.41. The Morgan fingerprint density at radius 1 is 1.33 bits per heavy atom. The van der Waals surface area contributed by atoms with E-state index in [0.717, 1.165) is 0 Å². The van der Waals surface area contributed by atoms with E-state index in [1.807, 2.05) is 4.90 Å². The molecule has 2 unspecified atom stereocenters. The number of likely N-dealkylation sites (tertiary alicyclic amines) is 1. The minimum atomic E-state index is -3.00. The lowest BCUT2D eigenvalue weighted by atomic mass is 9.74. The first kappa shape index (κ1) is 22.2. The summed E-state index contributed by atoms with van der Waals surface area (Å²) in [6, 6.07) is 7.00. The van der Waals surface area contributed by atoms with E-state index in [9.17, 15) is 23.9 Å². The number of aliphatic hydroxyl groups is 1. The summed E-state index contributed by atoms with van der Waals surface area (Å²) in [6.45, 7) is -1.78. The van der Waals surface area contributed by atoms with Gasteiger partial charge in [0.2, 0.25) is 0 Å². The molecule has 1 heterocycles. The second kappa shape index (κ2) is 9.58. The molecule has 0 amide bonds. The first-order valence-corrected chi connectivity index (χ1v) is 9.99. The molecule has 2 atom stereocenters. The van der Waals surface area contributed by atoms with Crippen LogP contribution in [-0.4, -0.2) is 61.5 Å². The van der Waals surface area contributed by atoms with Crippen LogP contribution in [-0.2, 0) is 14.9 Å². The summed E-state index contributed by atoms with van der Waals surface area (Å²) >= 11 is 0. The maximum Gasteiger partial charge on any atom is 0.387 e. The number of aliphatic hydroxyl groups excluding tert-OH is 1. The van der Waals surface area contributed by atoms with E-state index in [-0.39, 0.29) is 30.1 Å². The molecule has 164 valence electrons. The Balaban J connectivity index is 1.81. The number of hydrogen-bond donors (Lipinski definition) is 1. The van der Waals surface area contributed by atoms with Gasteiger partial charge in [-0.1, -0.05) is 6.07 Å². The Bertz CT molecular complexity index is 790. The van der Waals surface area contributed by atoms with E-state index in [4.69, 9.17) is 9.47 Å². The first-order valence-electron chi connectivity index (χ1n) is 9.99. The molecule has 0 bridgehead atoms. The van der Waals surface area contributed by atoms with E-state index in [1.165, 1.54) is 13.2 Å². The summed E-state index contributed by atoms with van der Waals surface area (Å²) in [4.78, 5) is 13.4. The monoisotopic (exact) mass is 424 g/mol. The van der Waals surface area contributed by atoms with Gasteiger partial charge >= 0.3 is 12.6 Å². The highest BCUT2D eigenvalue weighted by atomic mass is 19.3. The van der Waals surface area contributed by atoms with Gasteiger partial charge in [0.15, 0.2) is 11.5 Å². The number of carbonyl (C=O) groups is 1. The number of ether oxygens (including phenoxy) is 3. The standard InChI is InChI=1S/C21H26F2N2O5/c1-28-19(27)12-25-8-6-21(13-24,7-9-25)14-2-5-17(30-20(22)23)18(10-14)29-16-4-3-15(26)11-16/h2,5,10,15-16,20,26H,3-4,6-9,11-12H2,1H3. The van der Waals surface area contributed by atoms with Gasteiger partial charge in [-0.2, -0.15) is 14.0 Å². The lowest BCUT2D eigenvalue weighted by molar-refractivity contribution is -0.142. The van der Waals surface area contributed by atoms with Crippen LogP contribution >= 0.6 is 0 Å². The summed E-state index contributed by atoms with van der Waals surface area (Å²) in [5.74, 6) is -0.271. The van der Waals surface area contributed by atoms with E-state index in [2.05, 4.69) is 10.8 Å². The summed E-state index contributed by atoms with van der Waals surface area (Å²) in [7, 11) is 1.33. The number of nitrogens with zero attached hydrogens (tertiary/aromatic N) is 2. The van der Waals surface area contributed by atoms with E-state index < -0.39 is 18.1 Å². The molecule has 1 aliphatic heterocycles. The zero-order chi connectivity index (χ0) is 21.7. The Hall–Kier alpha value is -2.44. The molecule has 2 aliphatic rings. The van der Waals surface area contributed by atoms with Crippen LogP contribution in [0.2, 0.25) is 0 Å². The molecule has 1 saturated heterocycles. The number of esters is 1. The SMILES string of the molecule is COC(=O)CN1CCC(C#N)(c2ccc(OC(F)F)c(OC3CCC(O)C3)c2)CC1. The highest BCUT2D eigenvalue weighted by molar-refractivity contribution is 5.71. The number of hydrogen-bond acceptors (Lipinski definition) is 7. The number of piperidine rings is 1. The molecule has 1 aliphatic carbocycles. The number of carbonyl (C=O) groups excluding carboxylic acids is 1. The largest absolute Gasteiger partial charge is 0.486 e. The molecule has 0 aromatic heterocycles. The van der Waals surface area contributed by atoms with Crippen molar-refractivity contribution in [2.24, 2.45) is 0 Å². The Morgan fingerprint density at radius 3 is 2.63 bits per heavy atom. The molecular weight excluding hydrogens is 398 g/mol. The van der Waals surface area contributed by atoms with E-state index >= 15 is 0 Å². The van der Waals surface area contributed by atoms with Crippen LogP contribution in [0.3, 0.4) is 0 Å². The number of rotatable bonds is 7. The molecule has 0 spiro atoms. The van der Waals surface area contributed by atoms with Crippen molar-refractivity contribution in [3.05, 3.63) is 23.8 Å². The lowest BCUT2D eigenvalue weighted by Crippen LogP contribution is -2.44. The van der Waals surface area contributed by atoms with Gasteiger partial charge in [0, 0.05) is 19.5 Å². The number of alkyl halides is 2. The molecule has 3 rings (SSSR count). The van der Waals surface area contributed by atoms with Gasteiger partial charge in [-0.15, -0.1) is 0 Å². The molecule has 30 heavy (non-hydrogen) atoms. The third-order valence-corrected chi connectivity index (χ3v) is 5.87. The van der Waals surface area contributed by atoms with Crippen LogP contribution in [0.5, 0.6) is 11.5 Å². The summed E-state index contributed by atoms with van der Waals surface area (Å²) in [5, 5.41) is 19.7. The predicted octanol–water partition coefficient (Wildman–Crippen LogP) is 2.61. The minimum Gasteiger partial charge on any atom is -0.486 e. The van der Waals surface area contributed by atoms with Gasteiger partial charge in [0.05, 0.1) is 31.2 Å². The molecule has 0 radical (unpaired) electrons. The van der Waals surface area contributed by atoms with Crippen LogP contribution in [0.15, 0.2) is 18.2 Å². The molecule has 1 saturated carbocycles. The van der Waals surface area contributed by atoms with Crippen LogP contribution in [0.1, 0.15) is 37.7 Å². The topological polar surface area (TPSA) is 92.0 Å². The Morgan fingerprint density at radius 2 is 2.07 bits per heavy atom. The average Bonchev–Trinajstić information content (AvgIpc) is 3.14. The third kappa shape index (κ3) is 5.18. The summed E-state index contributed by atoms with van der Waals surface area (Å²) in [6.07, 6.45) is 1.83. The third-order valence-electron chi connectivity index (χ3n) is 5.87. The zero-order valence-corrected chi connectivity index (χ0v) is 16.9. The van der Waals surface area contributed by atoms with Gasteiger partial charge in [0.1, 0.15) is 6.10 Å².